The van der Waals surface area contributed by atoms with Gasteiger partial charge < -0.3 is 25.4 Å². The normalized spacial score (nSPS) is 15.5. The molecular weight excluding hydrogens is 418 g/mol. The van der Waals surface area contributed by atoms with Crippen LogP contribution in [0.25, 0.3) is 11.1 Å². The van der Waals surface area contributed by atoms with Crippen LogP contribution in [-0.2, 0) is 25.5 Å². The molecule has 1 fully saturated rings. The first-order valence-corrected chi connectivity index (χ1v) is 11.7. The van der Waals surface area contributed by atoms with Crippen molar-refractivity contribution in [2.45, 2.75) is 31.7 Å². The van der Waals surface area contributed by atoms with Crippen molar-refractivity contribution < 1.29 is 19.1 Å². The van der Waals surface area contributed by atoms with Gasteiger partial charge in [0.05, 0.1) is 32.8 Å². The summed E-state index contributed by atoms with van der Waals surface area (Å²) >= 11 is 0. The number of ether oxygens (including phenoxy) is 2. The number of carbonyl (C=O) groups excluding carboxylic acids is 2. The Kier molecular flexibility index (Phi) is 10.4. The van der Waals surface area contributed by atoms with Gasteiger partial charge in [-0.1, -0.05) is 54.6 Å². The Morgan fingerprint density at radius 2 is 1.64 bits per heavy atom. The van der Waals surface area contributed by atoms with Crippen molar-refractivity contribution in [2.75, 3.05) is 46.1 Å². The zero-order valence-electron chi connectivity index (χ0n) is 19.2. The van der Waals surface area contributed by atoms with Crippen molar-refractivity contribution in [3.63, 3.8) is 0 Å². The number of nitrogens with one attached hydrogen (secondary N) is 1. The first-order valence-electron chi connectivity index (χ1n) is 11.7. The molecule has 0 aromatic heterocycles. The number of benzene rings is 2. The average Bonchev–Trinajstić information content (AvgIpc) is 3.30. The third-order valence-electron chi connectivity index (χ3n) is 5.74. The minimum atomic E-state index is -0.0464. The topological polar surface area (TPSA) is 93.9 Å². The summed E-state index contributed by atoms with van der Waals surface area (Å²) in [4.78, 5) is 27.1. The number of nitrogens with two attached hydrogens (primary N) is 1. The van der Waals surface area contributed by atoms with E-state index in [1.807, 2.05) is 35.2 Å². The molecule has 1 aliphatic heterocycles. The van der Waals surface area contributed by atoms with Gasteiger partial charge >= 0.3 is 0 Å². The molecule has 1 aliphatic rings. The van der Waals surface area contributed by atoms with Gasteiger partial charge in [0.2, 0.25) is 11.8 Å². The second-order valence-electron chi connectivity index (χ2n) is 8.19. The van der Waals surface area contributed by atoms with Crippen molar-refractivity contribution in [3.8, 4) is 11.1 Å². The molecule has 1 atom stereocenters. The van der Waals surface area contributed by atoms with Crippen LogP contribution in [0.5, 0.6) is 0 Å². The van der Waals surface area contributed by atoms with Crippen LogP contribution < -0.4 is 11.1 Å². The Labute approximate surface area is 196 Å². The van der Waals surface area contributed by atoms with Gasteiger partial charge in [-0.15, -0.1) is 0 Å². The SMILES string of the molecule is NCCOCCOCCNC(=O)CC1CCCN1C(=O)Cc1ccc(-c2ccccc2)cc1. The van der Waals surface area contributed by atoms with Crippen molar-refractivity contribution in [1.82, 2.24) is 10.2 Å². The van der Waals surface area contributed by atoms with Gasteiger partial charge in [0.25, 0.3) is 0 Å². The van der Waals surface area contributed by atoms with E-state index in [1.54, 1.807) is 0 Å². The summed E-state index contributed by atoms with van der Waals surface area (Å²) < 4.78 is 10.6. The maximum absolute atomic E-state index is 12.9. The standard InChI is InChI=1S/C26H35N3O4/c27-12-15-32-17-18-33-16-13-28-25(30)20-24-7-4-14-29(24)26(31)19-21-8-10-23(11-9-21)22-5-2-1-3-6-22/h1-3,5-6,8-11,24H,4,7,12-20,27H2,(H,28,30). The molecule has 2 aromatic rings. The highest BCUT2D eigenvalue weighted by atomic mass is 16.5. The van der Waals surface area contributed by atoms with Crippen LogP contribution in [0.4, 0.5) is 0 Å². The highest BCUT2D eigenvalue weighted by molar-refractivity contribution is 5.81. The number of carbonyl (C=O) groups is 2. The fraction of sp³-hybridized carbons (Fsp3) is 0.462. The van der Waals surface area contributed by atoms with Gasteiger partial charge in [0.1, 0.15) is 0 Å². The van der Waals surface area contributed by atoms with Crippen LogP contribution >= 0.6 is 0 Å². The van der Waals surface area contributed by atoms with E-state index in [0.29, 0.717) is 58.9 Å². The summed E-state index contributed by atoms with van der Waals surface area (Å²) in [5, 5.41) is 2.88. The van der Waals surface area contributed by atoms with Crippen LogP contribution in [0.3, 0.4) is 0 Å². The largest absolute Gasteiger partial charge is 0.378 e. The van der Waals surface area contributed by atoms with Gasteiger partial charge in [-0.05, 0) is 29.5 Å². The lowest BCUT2D eigenvalue weighted by atomic mass is 10.0. The Hall–Kier alpha value is -2.74. The molecule has 7 nitrogen and oxygen atoms in total. The van der Waals surface area contributed by atoms with Crippen molar-refractivity contribution >= 4 is 11.8 Å². The third kappa shape index (κ3) is 8.28. The van der Waals surface area contributed by atoms with E-state index in [2.05, 4.69) is 29.6 Å². The van der Waals surface area contributed by atoms with E-state index >= 15 is 0 Å². The van der Waals surface area contributed by atoms with Crippen LogP contribution in [0, 0.1) is 0 Å². The maximum Gasteiger partial charge on any atom is 0.227 e. The minimum Gasteiger partial charge on any atom is -0.378 e. The molecule has 0 saturated carbocycles. The van der Waals surface area contributed by atoms with E-state index in [4.69, 9.17) is 15.2 Å². The fourth-order valence-corrected chi connectivity index (χ4v) is 4.05. The summed E-state index contributed by atoms with van der Waals surface area (Å²) in [5.74, 6) is 0.0356. The van der Waals surface area contributed by atoms with Gasteiger partial charge in [0.15, 0.2) is 0 Å². The van der Waals surface area contributed by atoms with Crippen LogP contribution in [0.15, 0.2) is 54.6 Å². The molecule has 7 heteroatoms. The Balaban J connectivity index is 1.39. The van der Waals surface area contributed by atoms with E-state index in [0.717, 1.165) is 29.5 Å². The molecule has 0 spiro atoms. The first-order chi connectivity index (χ1) is 16.2. The lowest BCUT2D eigenvalue weighted by Crippen LogP contribution is -2.40. The second kappa shape index (κ2) is 13.7. The summed E-state index contributed by atoms with van der Waals surface area (Å²) in [6, 6.07) is 18.3. The number of hydrogen-bond donors (Lipinski definition) is 2. The summed E-state index contributed by atoms with van der Waals surface area (Å²) in [6.07, 6.45) is 2.48. The molecule has 0 radical (unpaired) electrons. The van der Waals surface area contributed by atoms with E-state index in [9.17, 15) is 9.59 Å². The Morgan fingerprint density at radius 1 is 0.939 bits per heavy atom. The van der Waals surface area contributed by atoms with E-state index < -0.39 is 0 Å². The number of rotatable bonds is 13. The third-order valence-corrected chi connectivity index (χ3v) is 5.74. The van der Waals surface area contributed by atoms with E-state index in [1.165, 1.54) is 0 Å². The van der Waals surface area contributed by atoms with Gasteiger partial charge in [-0.2, -0.15) is 0 Å². The quantitative estimate of drug-likeness (QED) is 0.454. The zero-order chi connectivity index (χ0) is 23.3. The number of likely N-dealkylation sites (tertiary alicyclic amines) is 1. The number of amides is 2. The predicted molar refractivity (Wildman–Crippen MR) is 129 cm³/mol. The Morgan fingerprint density at radius 3 is 2.36 bits per heavy atom. The van der Waals surface area contributed by atoms with Gasteiger partial charge in [-0.3, -0.25) is 9.59 Å². The first kappa shape index (κ1) is 24.9. The minimum absolute atomic E-state index is 0.0355. The molecule has 33 heavy (non-hydrogen) atoms. The van der Waals surface area contributed by atoms with Gasteiger partial charge in [-0.25, -0.2) is 0 Å². The van der Waals surface area contributed by atoms with E-state index in [-0.39, 0.29) is 17.9 Å². The lowest BCUT2D eigenvalue weighted by molar-refractivity contribution is -0.132. The maximum atomic E-state index is 12.9. The van der Waals surface area contributed by atoms with Crippen LogP contribution in [0.1, 0.15) is 24.8 Å². The summed E-state index contributed by atoms with van der Waals surface area (Å²) in [6.45, 7) is 3.60. The van der Waals surface area contributed by atoms with Crippen molar-refractivity contribution in [3.05, 3.63) is 60.2 Å². The summed E-state index contributed by atoms with van der Waals surface area (Å²) in [5.41, 5.74) is 8.63. The highest BCUT2D eigenvalue weighted by Gasteiger charge is 2.30. The molecule has 1 unspecified atom stereocenters. The summed E-state index contributed by atoms with van der Waals surface area (Å²) in [7, 11) is 0. The number of hydrogen-bond acceptors (Lipinski definition) is 5. The highest BCUT2D eigenvalue weighted by Crippen LogP contribution is 2.23. The fourth-order valence-electron chi connectivity index (χ4n) is 4.05. The second-order valence-corrected chi connectivity index (χ2v) is 8.19. The molecule has 1 saturated heterocycles. The average molecular weight is 454 g/mol. The molecule has 0 bridgehead atoms. The van der Waals surface area contributed by atoms with Crippen LogP contribution in [-0.4, -0.2) is 68.8 Å². The predicted octanol–water partition coefficient (Wildman–Crippen LogP) is 2.39. The number of nitrogens with zero attached hydrogens (tertiary/aromatic N) is 1. The van der Waals surface area contributed by atoms with Gasteiger partial charge in [0, 0.05) is 32.1 Å². The van der Waals surface area contributed by atoms with Crippen molar-refractivity contribution in [1.29, 1.82) is 0 Å². The van der Waals surface area contributed by atoms with Crippen LogP contribution in [0.2, 0.25) is 0 Å². The molecular formula is C26H35N3O4. The molecule has 2 aromatic carbocycles. The smallest absolute Gasteiger partial charge is 0.227 e. The molecule has 0 aliphatic carbocycles. The Bertz CT molecular complexity index is 858. The molecule has 1 heterocycles. The monoisotopic (exact) mass is 453 g/mol. The molecule has 2 amide bonds. The molecule has 3 rings (SSSR count). The molecule has 3 N–H and O–H groups in total. The van der Waals surface area contributed by atoms with Crippen molar-refractivity contribution in [2.24, 2.45) is 5.73 Å². The zero-order valence-corrected chi connectivity index (χ0v) is 19.2. The lowest BCUT2D eigenvalue weighted by Gasteiger charge is -2.24. The molecule has 178 valence electrons.